The van der Waals surface area contributed by atoms with E-state index in [0.29, 0.717) is 10.3 Å². The van der Waals surface area contributed by atoms with Gasteiger partial charge < -0.3 is 4.42 Å². The molecule has 2 aliphatic rings. The van der Waals surface area contributed by atoms with Crippen molar-refractivity contribution >= 4 is 50.4 Å². The maximum atomic E-state index is 13.8. The summed E-state index contributed by atoms with van der Waals surface area (Å²) in [5.74, 6) is 1.41. The van der Waals surface area contributed by atoms with Crippen LogP contribution in [0.25, 0.3) is 23.1 Å². The van der Waals surface area contributed by atoms with Crippen LogP contribution in [-0.2, 0) is 6.42 Å². The molecule has 2 aromatic carbocycles. The Morgan fingerprint density at radius 2 is 1.94 bits per heavy atom. The van der Waals surface area contributed by atoms with Crippen LogP contribution in [0.3, 0.4) is 0 Å². The lowest BCUT2D eigenvalue weighted by molar-refractivity contribution is 0.571. The molecule has 36 heavy (non-hydrogen) atoms. The number of fused-ring (bicyclic) bond motifs is 3. The molecule has 0 N–H and O–H groups in total. The van der Waals surface area contributed by atoms with Gasteiger partial charge in [-0.1, -0.05) is 69.7 Å². The zero-order valence-corrected chi connectivity index (χ0v) is 22.2. The Labute approximate surface area is 223 Å². The summed E-state index contributed by atoms with van der Waals surface area (Å²) < 4.78 is 9.60. The van der Waals surface area contributed by atoms with Crippen LogP contribution in [0.5, 0.6) is 0 Å². The molecule has 4 heterocycles. The van der Waals surface area contributed by atoms with E-state index in [4.69, 9.17) is 9.41 Å². The van der Waals surface area contributed by atoms with Gasteiger partial charge in [-0.25, -0.2) is 4.99 Å². The van der Waals surface area contributed by atoms with E-state index in [1.807, 2.05) is 47.0 Å². The second kappa shape index (κ2) is 8.69. The summed E-state index contributed by atoms with van der Waals surface area (Å²) in [7, 11) is 0. The summed E-state index contributed by atoms with van der Waals surface area (Å²) in [6, 6.07) is 24.4. The highest BCUT2D eigenvalue weighted by Crippen LogP contribution is 2.42. The van der Waals surface area contributed by atoms with E-state index in [1.165, 1.54) is 32.9 Å². The number of halogens is 1. The molecular weight excluding hydrogens is 552 g/mol. The number of benzene rings is 2. The first-order valence-corrected chi connectivity index (χ1v) is 14.2. The smallest absolute Gasteiger partial charge is 0.271 e. The maximum absolute atomic E-state index is 13.8. The molecule has 0 saturated carbocycles. The van der Waals surface area contributed by atoms with Crippen molar-refractivity contribution in [2.75, 3.05) is 0 Å². The second-order valence-electron chi connectivity index (χ2n) is 8.84. The fourth-order valence-corrected chi connectivity index (χ4v) is 7.30. The summed E-state index contributed by atoms with van der Waals surface area (Å²) in [5, 5.41) is 2.08. The highest BCUT2D eigenvalue weighted by molar-refractivity contribution is 9.10. The average molecular weight is 572 g/mol. The van der Waals surface area contributed by atoms with Crippen molar-refractivity contribution in [3.05, 3.63) is 130 Å². The highest BCUT2D eigenvalue weighted by atomic mass is 79.9. The molecule has 176 valence electrons. The summed E-state index contributed by atoms with van der Waals surface area (Å²) in [6.45, 7) is 0. The van der Waals surface area contributed by atoms with Crippen LogP contribution in [-0.4, -0.2) is 4.57 Å². The lowest BCUT2D eigenvalue weighted by Gasteiger charge is -2.30. The molecule has 1 aliphatic heterocycles. The van der Waals surface area contributed by atoms with Gasteiger partial charge in [0.1, 0.15) is 11.5 Å². The molecule has 5 aromatic rings. The zero-order valence-electron chi connectivity index (χ0n) is 19.0. The molecule has 0 unspecified atom stereocenters. The van der Waals surface area contributed by atoms with Crippen molar-refractivity contribution < 1.29 is 4.42 Å². The Hall–Kier alpha value is -3.26. The van der Waals surface area contributed by atoms with Crippen LogP contribution in [0.4, 0.5) is 0 Å². The molecule has 1 aliphatic carbocycles. The minimum absolute atomic E-state index is 0.0250. The van der Waals surface area contributed by atoms with Crippen LogP contribution in [0.2, 0.25) is 0 Å². The van der Waals surface area contributed by atoms with E-state index in [0.717, 1.165) is 39.1 Å². The lowest BCUT2D eigenvalue weighted by atomic mass is 9.85. The Balaban J connectivity index is 1.39. The first kappa shape index (κ1) is 22.0. The molecule has 1 atom stereocenters. The number of aromatic nitrogens is 1. The Kier molecular flexibility index (Phi) is 5.31. The zero-order chi connectivity index (χ0) is 24.2. The van der Waals surface area contributed by atoms with Gasteiger partial charge in [-0.05, 0) is 59.7 Å². The van der Waals surface area contributed by atoms with Crippen molar-refractivity contribution in [2.45, 2.75) is 18.9 Å². The number of hydrogen-bond donors (Lipinski definition) is 0. The molecule has 7 heteroatoms. The Morgan fingerprint density at radius 1 is 1.03 bits per heavy atom. The van der Waals surface area contributed by atoms with E-state index in [2.05, 4.69) is 57.7 Å². The molecular formula is C29H19BrN2O2S2. The number of allylic oxidation sites excluding steroid dienone is 1. The SMILES string of the molecule is O=c1/c(=C\c2ccc(-c3cccc(Br)c3)o2)sc2n1[C@H](c1cccs1)C1=C(N=2)c2ccccc2CC1. The summed E-state index contributed by atoms with van der Waals surface area (Å²) in [6.07, 6.45) is 3.70. The predicted molar refractivity (Wildman–Crippen MR) is 149 cm³/mol. The van der Waals surface area contributed by atoms with Crippen LogP contribution >= 0.6 is 38.6 Å². The predicted octanol–water partition coefficient (Wildman–Crippen LogP) is 6.40. The average Bonchev–Trinajstić information content (AvgIpc) is 3.65. The van der Waals surface area contributed by atoms with Crippen LogP contribution < -0.4 is 14.9 Å². The quantitative estimate of drug-likeness (QED) is 0.252. The third-order valence-corrected chi connectivity index (χ3v) is 9.10. The molecule has 0 amide bonds. The van der Waals surface area contributed by atoms with E-state index in [1.54, 1.807) is 11.3 Å². The molecule has 3 aromatic heterocycles. The molecule has 0 saturated heterocycles. The van der Waals surface area contributed by atoms with E-state index in [-0.39, 0.29) is 11.6 Å². The van der Waals surface area contributed by atoms with Gasteiger partial charge >= 0.3 is 0 Å². The fraction of sp³-hybridized carbons (Fsp3) is 0.103. The molecule has 4 nitrogen and oxygen atoms in total. The summed E-state index contributed by atoms with van der Waals surface area (Å²) in [4.78, 5) is 20.7. The molecule has 0 bridgehead atoms. The standard InChI is InChI=1S/C29H19BrN2O2S2/c30-19-7-3-6-18(15-19)23-13-11-20(34-23)16-25-28(33)32-27(24-9-4-14-35-24)22-12-10-17-5-1-2-8-21(17)26(22)31-29(32)36-25/h1-9,11,13-16,27H,10,12H2/b25-16+/t27-/m0/s1. The summed E-state index contributed by atoms with van der Waals surface area (Å²) >= 11 is 6.63. The van der Waals surface area contributed by atoms with Crippen molar-refractivity contribution in [3.63, 3.8) is 0 Å². The number of hydrogen-bond acceptors (Lipinski definition) is 5. The van der Waals surface area contributed by atoms with Crippen LogP contribution in [0.15, 0.2) is 102 Å². The maximum Gasteiger partial charge on any atom is 0.271 e. The van der Waals surface area contributed by atoms with E-state index in [9.17, 15) is 4.79 Å². The fourth-order valence-electron chi connectivity index (χ4n) is 5.07. The van der Waals surface area contributed by atoms with Gasteiger partial charge in [0.05, 0.1) is 16.3 Å². The van der Waals surface area contributed by atoms with Gasteiger partial charge in [0.25, 0.3) is 5.56 Å². The van der Waals surface area contributed by atoms with Gasteiger partial charge in [0.15, 0.2) is 4.80 Å². The van der Waals surface area contributed by atoms with Crippen molar-refractivity contribution in [2.24, 2.45) is 4.99 Å². The van der Waals surface area contributed by atoms with Gasteiger partial charge in [-0.15, -0.1) is 11.3 Å². The number of nitrogens with zero attached hydrogens (tertiary/aromatic N) is 2. The normalized spacial score (nSPS) is 16.9. The number of rotatable bonds is 3. The van der Waals surface area contributed by atoms with Crippen LogP contribution in [0, 0.1) is 0 Å². The highest BCUT2D eigenvalue weighted by Gasteiger charge is 2.33. The molecule has 0 spiro atoms. The first-order valence-electron chi connectivity index (χ1n) is 11.7. The van der Waals surface area contributed by atoms with Crippen molar-refractivity contribution in [1.82, 2.24) is 4.57 Å². The van der Waals surface area contributed by atoms with E-state index >= 15 is 0 Å². The first-order chi connectivity index (χ1) is 17.7. The third-order valence-electron chi connectivity index (χ3n) is 6.69. The lowest BCUT2D eigenvalue weighted by Crippen LogP contribution is -2.38. The Bertz CT molecular complexity index is 1840. The van der Waals surface area contributed by atoms with E-state index < -0.39 is 0 Å². The molecule has 7 rings (SSSR count). The van der Waals surface area contributed by atoms with Crippen LogP contribution in [0.1, 0.15) is 34.2 Å². The number of aryl methyl sites for hydroxylation is 1. The van der Waals surface area contributed by atoms with Gasteiger partial charge in [-0.2, -0.15) is 0 Å². The molecule has 0 radical (unpaired) electrons. The number of thiophene rings is 1. The van der Waals surface area contributed by atoms with Crippen molar-refractivity contribution in [1.29, 1.82) is 0 Å². The number of furan rings is 1. The monoisotopic (exact) mass is 570 g/mol. The topological polar surface area (TPSA) is 47.5 Å². The van der Waals surface area contributed by atoms with Gasteiger partial charge in [0, 0.05) is 26.6 Å². The largest absolute Gasteiger partial charge is 0.457 e. The van der Waals surface area contributed by atoms with Gasteiger partial charge in [-0.3, -0.25) is 9.36 Å². The summed E-state index contributed by atoms with van der Waals surface area (Å²) in [5.41, 5.74) is 5.71. The minimum Gasteiger partial charge on any atom is -0.457 e. The molecule has 0 fully saturated rings. The minimum atomic E-state index is -0.124. The Morgan fingerprint density at radius 3 is 2.81 bits per heavy atom. The van der Waals surface area contributed by atoms with Gasteiger partial charge in [0.2, 0.25) is 0 Å². The number of thiazole rings is 1. The second-order valence-corrected chi connectivity index (χ2v) is 11.7. The van der Waals surface area contributed by atoms with Crippen molar-refractivity contribution in [3.8, 4) is 11.3 Å². The third kappa shape index (κ3) is 3.61.